The van der Waals surface area contributed by atoms with Crippen molar-refractivity contribution in [3.05, 3.63) is 16.1 Å². The van der Waals surface area contributed by atoms with Crippen molar-refractivity contribution in [2.24, 2.45) is 0 Å². The number of ether oxygens (including phenoxy) is 1. The molecule has 100 valence electrons. The largest absolute Gasteiger partial charge is 0.468 e. The van der Waals surface area contributed by atoms with Gasteiger partial charge in [-0.25, -0.2) is 4.98 Å². The number of esters is 1. The molecule has 0 saturated carbocycles. The van der Waals surface area contributed by atoms with Crippen molar-refractivity contribution in [1.29, 1.82) is 0 Å². The second kappa shape index (κ2) is 5.77. The molecule has 0 spiro atoms. The zero-order chi connectivity index (χ0) is 13.1. The predicted molar refractivity (Wildman–Crippen MR) is 68.6 cm³/mol. The molecule has 0 radical (unpaired) electrons. The Labute approximate surface area is 110 Å². The Morgan fingerprint density at radius 2 is 2.50 bits per heavy atom. The van der Waals surface area contributed by atoms with Crippen LogP contribution in [0.25, 0.3) is 0 Å². The average molecular weight is 270 g/mol. The zero-order valence-corrected chi connectivity index (χ0v) is 11.4. The van der Waals surface area contributed by atoms with E-state index in [4.69, 9.17) is 4.74 Å². The van der Waals surface area contributed by atoms with Gasteiger partial charge in [0.15, 0.2) is 0 Å². The number of hydrogen-bond acceptors (Lipinski definition) is 6. The van der Waals surface area contributed by atoms with E-state index in [0.717, 1.165) is 23.7 Å². The number of carbonyl (C=O) groups excluding carboxylic acids is 1. The highest BCUT2D eigenvalue weighted by Crippen LogP contribution is 2.19. The van der Waals surface area contributed by atoms with Gasteiger partial charge in [0.05, 0.1) is 23.9 Å². The van der Waals surface area contributed by atoms with E-state index in [1.165, 1.54) is 7.11 Å². The number of β-amino-alcohol motifs (C(OH)–C–C–N with tert-alkyl or cyclic N) is 1. The Hall–Kier alpha value is -0.980. The standard InChI is InChI=1S/C12H18N2O3S/c1-8-13-9(7-18-8)3-4-14-6-10(15)5-11(14)12(16)17-2/h7,10-11,15H,3-6H2,1-2H3. The normalized spacial score (nSPS) is 24.4. The molecule has 6 heteroatoms. The second-order valence-electron chi connectivity index (χ2n) is 4.53. The van der Waals surface area contributed by atoms with E-state index in [1.807, 2.05) is 17.2 Å². The highest BCUT2D eigenvalue weighted by Gasteiger charge is 2.36. The van der Waals surface area contributed by atoms with Crippen LogP contribution < -0.4 is 0 Å². The van der Waals surface area contributed by atoms with Crippen LogP contribution >= 0.6 is 11.3 Å². The van der Waals surface area contributed by atoms with Crippen LogP contribution in [0.2, 0.25) is 0 Å². The second-order valence-corrected chi connectivity index (χ2v) is 5.59. The lowest BCUT2D eigenvalue weighted by Gasteiger charge is -2.21. The average Bonchev–Trinajstić information content (AvgIpc) is 2.92. The number of aliphatic hydroxyl groups is 1. The summed E-state index contributed by atoms with van der Waals surface area (Å²) in [5, 5.41) is 12.7. The number of methoxy groups -OCH3 is 1. The molecule has 2 unspecified atom stereocenters. The number of aryl methyl sites for hydroxylation is 1. The van der Waals surface area contributed by atoms with Gasteiger partial charge >= 0.3 is 5.97 Å². The number of rotatable bonds is 4. The van der Waals surface area contributed by atoms with Crippen molar-refractivity contribution in [2.45, 2.75) is 31.9 Å². The summed E-state index contributed by atoms with van der Waals surface area (Å²) in [6, 6.07) is -0.315. The van der Waals surface area contributed by atoms with Crippen molar-refractivity contribution >= 4 is 17.3 Å². The van der Waals surface area contributed by atoms with Crippen molar-refractivity contribution in [3.8, 4) is 0 Å². The highest BCUT2D eigenvalue weighted by molar-refractivity contribution is 7.09. The quantitative estimate of drug-likeness (QED) is 0.812. The van der Waals surface area contributed by atoms with Gasteiger partial charge in [-0.1, -0.05) is 0 Å². The molecule has 0 bridgehead atoms. The van der Waals surface area contributed by atoms with Crippen molar-refractivity contribution in [2.75, 3.05) is 20.2 Å². The Morgan fingerprint density at radius 1 is 1.72 bits per heavy atom. The molecule has 5 nitrogen and oxygen atoms in total. The van der Waals surface area contributed by atoms with Crippen LogP contribution in [0.4, 0.5) is 0 Å². The molecule has 1 aliphatic rings. The molecular weight excluding hydrogens is 252 g/mol. The minimum atomic E-state index is -0.439. The first-order chi connectivity index (χ1) is 8.60. The van der Waals surface area contributed by atoms with E-state index in [1.54, 1.807) is 11.3 Å². The maximum Gasteiger partial charge on any atom is 0.323 e. The Kier molecular flexibility index (Phi) is 4.31. The minimum Gasteiger partial charge on any atom is -0.468 e. The summed E-state index contributed by atoms with van der Waals surface area (Å²) in [6.07, 6.45) is 0.819. The zero-order valence-electron chi connectivity index (χ0n) is 10.6. The van der Waals surface area contributed by atoms with Gasteiger partial charge in [0.25, 0.3) is 0 Å². The van der Waals surface area contributed by atoms with E-state index < -0.39 is 6.10 Å². The molecule has 0 aliphatic carbocycles. The molecule has 18 heavy (non-hydrogen) atoms. The fraction of sp³-hybridized carbons (Fsp3) is 0.667. The Balaban J connectivity index is 1.92. The molecule has 1 N–H and O–H groups in total. The van der Waals surface area contributed by atoms with Gasteiger partial charge in [0, 0.05) is 31.3 Å². The van der Waals surface area contributed by atoms with Crippen molar-refractivity contribution in [3.63, 3.8) is 0 Å². The van der Waals surface area contributed by atoms with Gasteiger partial charge in [-0.3, -0.25) is 9.69 Å². The topological polar surface area (TPSA) is 62.7 Å². The van der Waals surface area contributed by atoms with Crippen LogP contribution in [-0.2, 0) is 16.0 Å². The van der Waals surface area contributed by atoms with Gasteiger partial charge in [-0.15, -0.1) is 11.3 Å². The van der Waals surface area contributed by atoms with Crippen molar-refractivity contribution in [1.82, 2.24) is 9.88 Å². The first-order valence-corrected chi connectivity index (χ1v) is 6.89. The Bertz CT molecular complexity index is 421. The fourth-order valence-electron chi connectivity index (χ4n) is 2.29. The van der Waals surface area contributed by atoms with E-state index in [-0.39, 0.29) is 12.0 Å². The summed E-state index contributed by atoms with van der Waals surface area (Å²) >= 11 is 1.63. The number of aromatic nitrogens is 1. The van der Waals surface area contributed by atoms with E-state index in [9.17, 15) is 9.90 Å². The summed E-state index contributed by atoms with van der Waals surface area (Å²) in [6.45, 7) is 3.23. The maximum absolute atomic E-state index is 11.6. The van der Waals surface area contributed by atoms with Gasteiger partial charge < -0.3 is 9.84 Å². The summed E-state index contributed by atoms with van der Waals surface area (Å²) in [5.41, 5.74) is 1.04. The molecule has 1 fully saturated rings. The molecular formula is C12H18N2O3S. The van der Waals surface area contributed by atoms with Gasteiger partial charge in [0.1, 0.15) is 6.04 Å². The molecule has 2 rings (SSSR count). The molecule has 0 amide bonds. The van der Waals surface area contributed by atoms with E-state index in [0.29, 0.717) is 13.0 Å². The lowest BCUT2D eigenvalue weighted by molar-refractivity contribution is -0.145. The first-order valence-electron chi connectivity index (χ1n) is 6.01. The number of nitrogens with zero attached hydrogens (tertiary/aromatic N) is 2. The number of likely N-dealkylation sites (tertiary alicyclic amines) is 1. The predicted octanol–water partition coefficient (Wildman–Crippen LogP) is 0.602. The van der Waals surface area contributed by atoms with Crippen LogP contribution in [0.5, 0.6) is 0 Å². The monoisotopic (exact) mass is 270 g/mol. The van der Waals surface area contributed by atoms with Crippen LogP contribution in [0.15, 0.2) is 5.38 Å². The molecule has 0 aromatic carbocycles. The molecule has 1 saturated heterocycles. The molecule has 2 atom stereocenters. The van der Waals surface area contributed by atoms with Gasteiger partial charge in [-0.05, 0) is 6.92 Å². The minimum absolute atomic E-state index is 0.263. The SMILES string of the molecule is COC(=O)C1CC(O)CN1CCc1csc(C)n1. The third-order valence-electron chi connectivity index (χ3n) is 3.18. The van der Waals surface area contributed by atoms with E-state index >= 15 is 0 Å². The van der Waals surface area contributed by atoms with Crippen LogP contribution in [0.1, 0.15) is 17.1 Å². The Morgan fingerprint density at radius 3 is 3.11 bits per heavy atom. The van der Waals surface area contributed by atoms with Crippen LogP contribution in [0, 0.1) is 6.92 Å². The smallest absolute Gasteiger partial charge is 0.323 e. The number of carbonyl (C=O) groups is 1. The summed E-state index contributed by atoms with van der Waals surface area (Å²) < 4.78 is 4.76. The van der Waals surface area contributed by atoms with E-state index in [2.05, 4.69) is 4.98 Å². The first kappa shape index (κ1) is 13.5. The molecule has 2 heterocycles. The lowest BCUT2D eigenvalue weighted by Crippen LogP contribution is -2.38. The molecule has 1 aliphatic heterocycles. The summed E-state index contributed by atoms with van der Waals surface area (Å²) in [7, 11) is 1.38. The lowest BCUT2D eigenvalue weighted by atomic mass is 10.2. The number of hydrogen-bond donors (Lipinski definition) is 1. The van der Waals surface area contributed by atoms with Gasteiger partial charge in [0.2, 0.25) is 0 Å². The summed E-state index contributed by atoms with van der Waals surface area (Å²) in [4.78, 5) is 18.0. The number of thiazole rings is 1. The molecule has 1 aromatic rings. The van der Waals surface area contributed by atoms with Crippen LogP contribution in [0.3, 0.4) is 0 Å². The third-order valence-corrected chi connectivity index (χ3v) is 4.00. The highest BCUT2D eigenvalue weighted by atomic mass is 32.1. The summed E-state index contributed by atoms with van der Waals surface area (Å²) in [5.74, 6) is -0.263. The fourth-order valence-corrected chi connectivity index (χ4v) is 2.94. The van der Waals surface area contributed by atoms with Crippen LogP contribution in [-0.4, -0.2) is 53.3 Å². The third kappa shape index (κ3) is 3.07. The number of aliphatic hydroxyl groups excluding tert-OH is 1. The van der Waals surface area contributed by atoms with Crippen molar-refractivity contribution < 1.29 is 14.6 Å². The molecule has 1 aromatic heterocycles. The maximum atomic E-state index is 11.6. The van der Waals surface area contributed by atoms with Gasteiger partial charge in [-0.2, -0.15) is 0 Å².